The quantitative estimate of drug-likeness (QED) is 0.271. The highest BCUT2D eigenvalue weighted by Crippen LogP contribution is 2.32. The van der Waals surface area contributed by atoms with E-state index in [1.54, 1.807) is 0 Å². The molecule has 4 rings (SSSR count). The Kier molecular flexibility index (Phi) is 6.28. The van der Waals surface area contributed by atoms with Crippen molar-refractivity contribution < 1.29 is 0 Å². The minimum absolute atomic E-state index is 0.840. The molecule has 0 aromatic heterocycles. The summed E-state index contributed by atoms with van der Waals surface area (Å²) in [6.45, 7) is 0. The lowest BCUT2D eigenvalue weighted by molar-refractivity contribution is 1.15. The first-order valence-corrected chi connectivity index (χ1v) is 10.4. The second-order valence-corrected chi connectivity index (χ2v) is 7.74. The molecule has 0 aliphatic carbocycles. The Morgan fingerprint density at radius 1 is 0.552 bits per heavy atom. The van der Waals surface area contributed by atoms with Crippen molar-refractivity contribution >= 4 is 27.3 Å². The molecule has 0 saturated carbocycles. The molecule has 0 unspecified atom stereocenters. The SMILES string of the molecule is Brc1c(Cc2ccccc2)cccc1N=Nc1cccc(Cc2ccccc2)c1. The molecular weight excluding hydrogens is 420 g/mol. The summed E-state index contributed by atoms with van der Waals surface area (Å²) in [5.41, 5.74) is 6.69. The Bertz CT molecular complexity index is 1110. The molecule has 0 radical (unpaired) electrons. The molecule has 0 aliphatic rings. The molecule has 4 aromatic carbocycles. The Morgan fingerprint density at radius 3 is 1.90 bits per heavy atom. The Labute approximate surface area is 180 Å². The number of rotatable bonds is 6. The highest BCUT2D eigenvalue weighted by molar-refractivity contribution is 9.10. The van der Waals surface area contributed by atoms with Crippen LogP contribution in [-0.2, 0) is 12.8 Å². The van der Waals surface area contributed by atoms with Crippen LogP contribution >= 0.6 is 15.9 Å². The number of hydrogen-bond acceptors (Lipinski definition) is 2. The zero-order valence-corrected chi connectivity index (χ0v) is 17.6. The van der Waals surface area contributed by atoms with Crippen molar-refractivity contribution in [2.45, 2.75) is 12.8 Å². The van der Waals surface area contributed by atoms with E-state index in [0.717, 1.165) is 28.7 Å². The van der Waals surface area contributed by atoms with Crippen LogP contribution < -0.4 is 0 Å². The van der Waals surface area contributed by atoms with Crippen LogP contribution in [0.1, 0.15) is 22.3 Å². The van der Waals surface area contributed by atoms with E-state index < -0.39 is 0 Å². The maximum absolute atomic E-state index is 4.50. The Hall–Kier alpha value is -3.04. The molecule has 0 saturated heterocycles. The number of azo groups is 1. The second kappa shape index (κ2) is 9.44. The van der Waals surface area contributed by atoms with Crippen molar-refractivity contribution in [1.82, 2.24) is 0 Å². The lowest BCUT2D eigenvalue weighted by atomic mass is 10.0. The lowest BCUT2D eigenvalue weighted by Gasteiger charge is -2.07. The third kappa shape index (κ3) is 5.27. The van der Waals surface area contributed by atoms with E-state index in [1.165, 1.54) is 22.3 Å². The van der Waals surface area contributed by atoms with Gasteiger partial charge in [0.25, 0.3) is 0 Å². The van der Waals surface area contributed by atoms with Gasteiger partial charge in [-0.15, -0.1) is 5.11 Å². The average Bonchev–Trinajstić information content (AvgIpc) is 2.76. The normalized spacial score (nSPS) is 11.1. The molecule has 0 aliphatic heterocycles. The predicted molar refractivity (Wildman–Crippen MR) is 123 cm³/mol. The fourth-order valence-electron chi connectivity index (χ4n) is 3.27. The average molecular weight is 441 g/mol. The molecule has 0 N–H and O–H groups in total. The van der Waals surface area contributed by atoms with E-state index in [-0.39, 0.29) is 0 Å². The minimum Gasteiger partial charge on any atom is -0.151 e. The van der Waals surface area contributed by atoms with Gasteiger partial charge in [0, 0.05) is 4.47 Å². The first kappa shape index (κ1) is 19.3. The molecule has 4 aromatic rings. The van der Waals surface area contributed by atoms with Crippen molar-refractivity contribution in [3.63, 3.8) is 0 Å². The van der Waals surface area contributed by atoms with Gasteiger partial charge in [0.1, 0.15) is 5.69 Å². The van der Waals surface area contributed by atoms with Crippen molar-refractivity contribution in [3.8, 4) is 0 Å². The summed E-state index contributed by atoms with van der Waals surface area (Å²) >= 11 is 3.72. The molecule has 29 heavy (non-hydrogen) atoms. The molecule has 142 valence electrons. The number of halogens is 1. The largest absolute Gasteiger partial charge is 0.151 e. The van der Waals surface area contributed by atoms with Crippen LogP contribution in [-0.4, -0.2) is 0 Å². The van der Waals surface area contributed by atoms with Gasteiger partial charge in [0.2, 0.25) is 0 Å². The summed E-state index contributed by atoms with van der Waals surface area (Å²) in [6.07, 6.45) is 1.75. The molecule has 0 amide bonds. The summed E-state index contributed by atoms with van der Waals surface area (Å²) in [5, 5.41) is 8.99. The number of benzene rings is 4. The van der Waals surface area contributed by atoms with Crippen molar-refractivity contribution in [1.29, 1.82) is 0 Å². The molecule has 0 bridgehead atoms. The highest BCUT2D eigenvalue weighted by Gasteiger charge is 2.06. The fourth-order valence-corrected chi connectivity index (χ4v) is 3.75. The van der Waals surface area contributed by atoms with Gasteiger partial charge in [0.15, 0.2) is 0 Å². The van der Waals surface area contributed by atoms with E-state index in [0.29, 0.717) is 0 Å². The molecular formula is C26H21BrN2. The molecule has 0 heterocycles. The summed E-state index contributed by atoms with van der Waals surface area (Å²) in [6, 6.07) is 35.3. The van der Waals surface area contributed by atoms with Crippen molar-refractivity contribution in [3.05, 3.63) is 130 Å². The van der Waals surface area contributed by atoms with Crippen LogP contribution in [0.3, 0.4) is 0 Å². The summed E-state index contributed by atoms with van der Waals surface area (Å²) in [4.78, 5) is 0. The van der Waals surface area contributed by atoms with Gasteiger partial charge in [-0.2, -0.15) is 5.11 Å². The van der Waals surface area contributed by atoms with Gasteiger partial charge < -0.3 is 0 Å². The molecule has 3 heteroatoms. The number of hydrogen-bond donors (Lipinski definition) is 0. The summed E-state index contributed by atoms with van der Waals surface area (Å²) in [5.74, 6) is 0. The molecule has 0 fully saturated rings. The Morgan fingerprint density at radius 2 is 1.17 bits per heavy atom. The fraction of sp³-hybridized carbons (Fsp3) is 0.0769. The van der Waals surface area contributed by atoms with Gasteiger partial charge in [0.05, 0.1) is 5.69 Å². The lowest BCUT2D eigenvalue weighted by Crippen LogP contribution is -1.89. The van der Waals surface area contributed by atoms with Crippen LogP contribution in [0, 0.1) is 0 Å². The van der Waals surface area contributed by atoms with Crippen LogP contribution in [0.5, 0.6) is 0 Å². The summed E-state index contributed by atoms with van der Waals surface area (Å²) in [7, 11) is 0. The Balaban J connectivity index is 1.52. The zero-order valence-electron chi connectivity index (χ0n) is 16.0. The predicted octanol–water partition coefficient (Wildman–Crippen LogP) is 8.05. The van der Waals surface area contributed by atoms with E-state index >= 15 is 0 Å². The maximum Gasteiger partial charge on any atom is 0.100 e. The third-order valence-electron chi connectivity index (χ3n) is 4.73. The third-order valence-corrected chi connectivity index (χ3v) is 5.65. The standard InChI is InChI=1S/C26H21BrN2/c27-26-23(18-21-11-5-2-6-12-21)14-8-16-25(26)29-28-24-15-7-13-22(19-24)17-20-9-3-1-4-10-20/h1-16,19H,17-18H2. The van der Waals surface area contributed by atoms with Crippen LogP contribution in [0.15, 0.2) is 118 Å². The minimum atomic E-state index is 0.840. The van der Waals surface area contributed by atoms with Gasteiger partial charge in [-0.25, -0.2) is 0 Å². The van der Waals surface area contributed by atoms with Crippen molar-refractivity contribution in [2.75, 3.05) is 0 Å². The van der Waals surface area contributed by atoms with Gasteiger partial charge in [-0.3, -0.25) is 0 Å². The highest BCUT2D eigenvalue weighted by atomic mass is 79.9. The van der Waals surface area contributed by atoms with Gasteiger partial charge in [-0.05, 0) is 69.2 Å². The molecule has 0 spiro atoms. The first-order valence-electron chi connectivity index (χ1n) is 9.64. The van der Waals surface area contributed by atoms with E-state index in [1.807, 2.05) is 36.4 Å². The molecule has 2 nitrogen and oxygen atoms in total. The van der Waals surface area contributed by atoms with Gasteiger partial charge in [-0.1, -0.05) is 84.9 Å². The van der Waals surface area contributed by atoms with E-state index in [2.05, 4.69) is 92.9 Å². The maximum atomic E-state index is 4.50. The second-order valence-electron chi connectivity index (χ2n) is 6.94. The van der Waals surface area contributed by atoms with E-state index in [9.17, 15) is 0 Å². The topological polar surface area (TPSA) is 24.7 Å². The van der Waals surface area contributed by atoms with Crippen LogP contribution in [0.25, 0.3) is 0 Å². The van der Waals surface area contributed by atoms with E-state index in [4.69, 9.17) is 0 Å². The first-order chi connectivity index (χ1) is 14.3. The van der Waals surface area contributed by atoms with Crippen LogP contribution in [0.2, 0.25) is 0 Å². The van der Waals surface area contributed by atoms with Gasteiger partial charge >= 0.3 is 0 Å². The summed E-state index contributed by atoms with van der Waals surface area (Å²) < 4.78 is 0.994. The number of nitrogens with zero attached hydrogens (tertiary/aromatic N) is 2. The monoisotopic (exact) mass is 440 g/mol. The zero-order chi connectivity index (χ0) is 19.9. The van der Waals surface area contributed by atoms with Crippen molar-refractivity contribution in [2.24, 2.45) is 10.2 Å². The molecule has 0 atom stereocenters. The smallest absolute Gasteiger partial charge is 0.100 e. The van der Waals surface area contributed by atoms with Crippen LogP contribution in [0.4, 0.5) is 11.4 Å².